The topological polar surface area (TPSA) is 92.9 Å². The molecule has 163 valence electrons. The SMILES string of the molecule is CC(C)CCSCCOB(O)O.O=C1C=C(N2CC2)C(=O)C(N2CC2)=C1N1CC1.[B]. The van der Waals surface area contributed by atoms with Crippen molar-refractivity contribution in [3.8, 4) is 0 Å². The molecule has 0 atom stereocenters. The maximum Gasteiger partial charge on any atom is 0.633 e. The third-order valence-electron chi connectivity index (χ3n) is 4.82. The Morgan fingerprint density at radius 3 is 2.07 bits per heavy atom. The van der Waals surface area contributed by atoms with E-state index in [4.69, 9.17) is 10.0 Å². The molecule has 3 fully saturated rings. The van der Waals surface area contributed by atoms with Crippen LogP contribution >= 0.6 is 11.8 Å². The Morgan fingerprint density at radius 1 is 1.00 bits per heavy atom. The van der Waals surface area contributed by atoms with Gasteiger partial charge in [0.2, 0.25) is 11.6 Å². The van der Waals surface area contributed by atoms with Gasteiger partial charge in [-0.2, -0.15) is 11.8 Å². The highest BCUT2D eigenvalue weighted by atomic mass is 32.2. The average molecular weight is 434 g/mol. The number of thioether (sulfide) groups is 1. The number of carbonyl (C=O) groups excluding carboxylic acids is 2. The fourth-order valence-corrected chi connectivity index (χ4v) is 3.97. The summed E-state index contributed by atoms with van der Waals surface area (Å²) in [4.78, 5) is 30.5. The van der Waals surface area contributed by atoms with Gasteiger partial charge >= 0.3 is 7.32 Å². The van der Waals surface area contributed by atoms with Gasteiger partial charge < -0.3 is 29.4 Å². The summed E-state index contributed by atoms with van der Waals surface area (Å²) < 4.78 is 4.54. The van der Waals surface area contributed by atoms with Crippen molar-refractivity contribution in [1.29, 1.82) is 0 Å². The molecule has 4 aliphatic rings. The first kappa shape index (κ1) is 24.8. The summed E-state index contributed by atoms with van der Waals surface area (Å²) >= 11 is 1.78. The highest BCUT2D eigenvalue weighted by molar-refractivity contribution is 7.99. The van der Waals surface area contributed by atoms with Crippen LogP contribution in [-0.2, 0) is 14.2 Å². The summed E-state index contributed by atoms with van der Waals surface area (Å²) in [6.45, 7) is 10.2. The molecular weight excluding hydrogens is 404 g/mol. The van der Waals surface area contributed by atoms with E-state index in [1.54, 1.807) is 11.8 Å². The Morgan fingerprint density at radius 2 is 1.57 bits per heavy atom. The third-order valence-corrected chi connectivity index (χ3v) is 5.80. The first-order chi connectivity index (χ1) is 13.9. The molecule has 0 aromatic heterocycles. The lowest BCUT2D eigenvalue weighted by Gasteiger charge is -2.21. The van der Waals surface area contributed by atoms with Crippen molar-refractivity contribution in [1.82, 2.24) is 14.7 Å². The van der Waals surface area contributed by atoms with Crippen LogP contribution in [0.2, 0.25) is 0 Å². The number of allylic oxidation sites excluding steroid dienone is 1. The number of nitrogens with zero attached hydrogens (tertiary/aromatic N) is 3. The second-order valence-electron chi connectivity index (χ2n) is 7.87. The molecule has 1 aliphatic carbocycles. The van der Waals surface area contributed by atoms with E-state index in [0.29, 0.717) is 23.7 Å². The summed E-state index contributed by atoms with van der Waals surface area (Å²) in [5.41, 5.74) is 1.89. The van der Waals surface area contributed by atoms with Crippen molar-refractivity contribution in [3.05, 3.63) is 23.2 Å². The van der Waals surface area contributed by atoms with E-state index < -0.39 is 7.32 Å². The van der Waals surface area contributed by atoms with Crippen molar-refractivity contribution in [2.24, 2.45) is 5.92 Å². The van der Waals surface area contributed by atoms with Gasteiger partial charge in [-0.25, -0.2) is 0 Å². The van der Waals surface area contributed by atoms with E-state index in [-0.39, 0.29) is 20.0 Å². The van der Waals surface area contributed by atoms with E-state index in [0.717, 1.165) is 56.7 Å². The van der Waals surface area contributed by atoms with E-state index in [1.165, 1.54) is 12.5 Å². The Bertz CT molecular complexity index is 678. The molecule has 3 heterocycles. The molecule has 8 nitrogen and oxygen atoms in total. The zero-order chi connectivity index (χ0) is 21.0. The van der Waals surface area contributed by atoms with Gasteiger partial charge in [0.15, 0.2) is 0 Å². The summed E-state index contributed by atoms with van der Waals surface area (Å²) in [5, 5.41) is 16.6. The van der Waals surface area contributed by atoms with Gasteiger partial charge in [0.1, 0.15) is 11.4 Å². The monoisotopic (exact) mass is 434 g/mol. The fraction of sp³-hybridized carbons (Fsp3) is 0.684. The van der Waals surface area contributed by atoms with Crippen LogP contribution in [0.4, 0.5) is 0 Å². The fourth-order valence-electron chi connectivity index (χ4n) is 2.91. The Hall–Kier alpha value is -1.42. The first-order valence-electron chi connectivity index (χ1n) is 10.2. The van der Waals surface area contributed by atoms with E-state index in [9.17, 15) is 9.59 Å². The van der Waals surface area contributed by atoms with Gasteiger partial charge in [-0.3, -0.25) is 9.59 Å². The smallest absolute Gasteiger partial charge is 0.402 e. The quantitative estimate of drug-likeness (QED) is 0.205. The van der Waals surface area contributed by atoms with Crippen LogP contribution in [0.3, 0.4) is 0 Å². The zero-order valence-electron chi connectivity index (χ0n) is 17.7. The van der Waals surface area contributed by atoms with Gasteiger partial charge in [-0.15, -0.1) is 0 Å². The lowest BCUT2D eigenvalue weighted by molar-refractivity contribution is -0.117. The van der Waals surface area contributed by atoms with Crippen LogP contribution in [-0.4, -0.2) is 109 Å². The van der Waals surface area contributed by atoms with Gasteiger partial charge in [0.25, 0.3) is 0 Å². The van der Waals surface area contributed by atoms with Crippen LogP contribution in [0.1, 0.15) is 20.3 Å². The van der Waals surface area contributed by atoms with Gasteiger partial charge in [-0.1, -0.05) is 13.8 Å². The zero-order valence-corrected chi connectivity index (χ0v) is 18.6. The number of hydrogen-bond acceptors (Lipinski definition) is 9. The van der Waals surface area contributed by atoms with Crippen LogP contribution in [0.15, 0.2) is 23.2 Å². The van der Waals surface area contributed by atoms with E-state index >= 15 is 0 Å². The minimum Gasteiger partial charge on any atom is -0.402 e. The Kier molecular flexibility index (Phi) is 9.33. The number of rotatable bonds is 10. The first-order valence-corrected chi connectivity index (χ1v) is 11.4. The van der Waals surface area contributed by atoms with Crippen LogP contribution in [0, 0.1) is 5.92 Å². The minimum absolute atomic E-state index is 0. The molecule has 3 saturated heterocycles. The van der Waals surface area contributed by atoms with Crippen LogP contribution in [0.25, 0.3) is 0 Å². The van der Waals surface area contributed by atoms with Gasteiger partial charge in [-0.05, 0) is 18.1 Å². The van der Waals surface area contributed by atoms with Crippen molar-refractivity contribution in [2.75, 3.05) is 57.4 Å². The number of ketones is 2. The molecule has 11 heteroatoms. The summed E-state index contributed by atoms with van der Waals surface area (Å²) in [6.07, 6.45) is 2.72. The molecule has 0 unspecified atom stereocenters. The number of carbonyl (C=O) groups is 2. The van der Waals surface area contributed by atoms with Crippen molar-refractivity contribution < 1.29 is 24.3 Å². The van der Waals surface area contributed by atoms with Crippen molar-refractivity contribution in [3.63, 3.8) is 0 Å². The average Bonchev–Trinajstić information content (AvgIpc) is 3.51. The molecule has 2 N–H and O–H groups in total. The molecular formula is C19H30B2N3O5S. The Labute approximate surface area is 185 Å². The molecule has 3 radical (unpaired) electrons. The second kappa shape index (κ2) is 11.3. The molecule has 0 aromatic carbocycles. The molecule has 3 aliphatic heterocycles. The molecule has 4 rings (SSSR count). The molecule has 0 bridgehead atoms. The predicted molar refractivity (Wildman–Crippen MR) is 119 cm³/mol. The molecule has 0 aromatic rings. The maximum atomic E-state index is 12.4. The summed E-state index contributed by atoms with van der Waals surface area (Å²) in [5.74, 6) is 2.72. The van der Waals surface area contributed by atoms with Crippen molar-refractivity contribution in [2.45, 2.75) is 20.3 Å². The van der Waals surface area contributed by atoms with E-state index in [2.05, 4.69) is 18.5 Å². The van der Waals surface area contributed by atoms with Gasteiger partial charge in [0.05, 0.1) is 5.70 Å². The number of hydrogen-bond donors (Lipinski definition) is 2. The molecule has 0 saturated carbocycles. The van der Waals surface area contributed by atoms with E-state index in [1.807, 2.05) is 14.7 Å². The molecule has 0 amide bonds. The predicted octanol–water partition coefficient (Wildman–Crippen LogP) is -0.448. The Balaban J connectivity index is 0.000000222. The standard InChI is InChI=1S/C12H13N3O2.C7H17BO3S.B/c16-9-7-8(13-1-2-13)12(17)11(15-5-6-15)10(9)14-3-4-14;1-7(2)3-5-12-6-4-11-8(9)10;/h7H,1-6H2;7,9-10H,3-6H2,1-2H3;. The minimum atomic E-state index is -1.62. The molecule has 30 heavy (non-hydrogen) atoms. The lowest BCUT2D eigenvalue weighted by Crippen LogP contribution is -2.29. The largest absolute Gasteiger partial charge is 0.633 e. The summed E-state index contributed by atoms with van der Waals surface area (Å²) in [7, 11) is -1.62. The third kappa shape index (κ3) is 7.37. The normalized spacial score (nSPS) is 19.4. The number of Topliss-reactive ketones (excluding diaryl/α,β-unsaturated/α-hetero) is 1. The van der Waals surface area contributed by atoms with Crippen LogP contribution in [0.5, 0.6) is 0 Å². The molecule has 0 spiro atoms. The van der Waals surface area contributed by atoms with Gasteiger partial charge in [0, 0.05) is 66.1 Å². The lowest BCUT2D eigenvalue weighted by atomic mass is 10.0. The highest BCUT2D eigenvalue weighted by Crippen LogP contribution is 2.33. The summed E-state index contributed by atoms with van der Waals surface area (Å²) in [6, 6.07) is 0. The highest BCUT2D eigenvalue weighted by Gasteiger charge is 2.43. The second-order valence-corrected chi connectivity index (χ2v) is 9.10. The maximum absolute atomic E-state index is 12.4. The van der Waals surface area contributed by atoms with Crippen molar-refractivity contribution >= 4 is 39.1 Å². The van der Waals surface area contributed by atoms with Crippen LogP contribution < -0.4 is 0 Å².